The quantitative estimate of drug-likeness (QED) is 0.878. The predicted molar refractivity (Wildman–Crippen MR) is 76.5 cm³/mol. The van der Waals surface area contributed by atoms with E-state index in [0.717, 1.165) is 23.4 Å². The number of benzene rings is 1. The zero-order valence-corrected chi connectivity index (χ0v) is 11.7. The van der Waals surface area contributed by atoms with Crippen molar-refractivity contribution in [3.05, 3.63) is 48.0 Å². The van der Waals surface area contributed by atoms with Gasteiger partial charge in [0.1, 0.15) is 12.4 Å². The summed E-state index contributed by atoms with van der Waals surface area (Å²) in [6, 6.07) is 8.28. The molecule has 0 radical (unpaired) electrons. The van der Waals surface area contributed by atoms with Gasteiger partial charge in [-0.15, -0.1) is 0 Å². The van der Waals surface area contributed by atoms with Crippen molar-refractivity contribution in [2.75, 3.05) is 0 Å². The fourth-order valence-electron chi connectivity index (χ4n) is 2.30. The predicted octanol–water partition coefficient (Wildman–Crippen LogP) is 3.24. The highest BCUT2D eigenvalue weighted by atomic mass is 16.5. The molecule has 1 aromatic carbocycles. The molecule has 3 rings (SSSR count). The average Bonchev–Trinajstić information content (AvgIpc) is 3.23. The first kappa shape index (κ1) is 13.2. The molecular weight excluding hydrogens is 252 g/mol. The number of aromatic nitrogens is 2. The molecule has 1 fully saturated rings. The van der Waals surface area contributed by atoms with Crippen LogP contribution in [0.3, 0.4) is 0 Å². The lowest BCUT2D eigenvalue weighted by atomic mass is 10.1. The fourth-order valence-corrected chi connectivity index (χ4v) is 2.30. The summed E-state index contributed by atoms with van der Waals surface area (Å²) in [4.78, 5) is 4.19. The number of aliphatic hydroxyl groups is 1. The molecule has 106 valence electrons. The van der Waals surface area contributed by atoms with Gasteiger partial charge in [0.2, 0.25) is 0 Å². The van der Waals surface area contributed by atoms with Crippen molar-refractivity contribution in [3.63, 3.8) is 0 Å². The highest BCUT2D eigenvalue weighted by Crippen LogP contribution is 2.35. The number of hydrogen-bond donors (Lipinski definition) is 1. The Kier molecular flexibility index (Phi) is 3.74. The number of ether oxygens (including phenoxy) is 1. The minimum absolute atomic E-state index is 0.389. The van der Waals surface area contributed by atoms with E-state index < -0.39 is 0 Å². The molecule has 0 bridgehead atoms. The Hall–Kier alpha value is -1.81. The van der Waals surface area contributed by atoms with Crippen LogP contribution in [0.25, 0.3) is 0 Å². The summed E-state index contributed by atoms with van der Waals surface area (Å²) in [6.07, 6.45) is 6.58. The van der Waals surface area contributed by atoms with Crippen molar-refractivity contribution >= 4 is 0 Å². The minimum atomic E-state index is -0.389. The van der Waals surface area contributed by atoms with Crippen LogP contribution in [0.5, 0.6) is 5.75 Å². The molecule has 1 heterocycles. The lowest BCUT2D eigenvalue weighted by molar-refractivity contribution is 0.173. The minimum Gasteiger partial charge on any atom is -0.487 e. The van der Waals surface area contributed by atoms with Crippen LogP contribution < -0.4 is 4.74 Å². The van der Waals surface area contributed by atoms with E-state index in [1.807, 2.05) is 43.7 Å². The second kappa shape index (κ2) is 5.67. The maximum atomic E-state index is 9.75. The normalized spacial score (nSPS) is 16.1. The van der Waals surface area contributed by atoms with Gasteiger partial charge in [0.05, 0.1) is 24.3 Å². The maximum Gasteiger partial charge on any atom is 0.130 e. The van der Waals surface area contributed by atoms with Crippen molar-refractivity contribution in [2.45, 2.75) is 44.9 Å². The highest BCUT2D eigenvalue weighted by molar-refractivity contribution is 5.28. The molecule has 4 heteroatoms. The van der Waals surface area contributed by atoms with Crippen LogP contribution in [0, 0.1) is 0 Å². The zero-order chi connectivity index (χ0) is 13.9. The third-order valence-corrected chi connectivity index (χ3v) is 3.72. The zero-order valence-electron chi connectivity index (χ0n) is 11.7. The van der Waals surface area contributed by atoms with Crippen LogP contribution in [-0.2, 0) is 6.61 Å². The second-order valence-electron chi connectivity index (χ2n) is 5.31. The Balaban J connectivity index is 1.61. The van der Waals surface area contributed by atoms with E-state index in [4.69, 9.17) is 4.74 Å². The lowest BCUT2D eigenvalue weighted by Crippen LogP contribution is -2.03. The van der Waals surface area contributed by atoms with Crippen LogP contribution in [0.2, 0.25) is 0 Å². The molecule has 1 N–H and O–H groups in total. The van der Waals surface area contributed by atoms with Crippen molar-refractivity contribution in [1.29, 1.82) is 0 Å². The van der Waals surface area contributed by atoms with Gasteiger partial charge >= 0.3 is 0 Å². The van der Waals surface area contributed by atoms with Crippen molar-refractivity contribution in [3.8, 4) is 5.75 Å². The van der Waals surface area contributed by atoms with E-state index in [-0.39, 0.29) is 6.10 Å². The van der Waals surface area contributed by atoms with Gasteiger partial charge in [0.15, 0.2) is 0 Å². The largest absolute Gasteiger partial charge is 0.487 e. The lowest BCUT2D eigenvalue weighted by Gasteiger charge is -2.11. The van der Waals surface area contributed by atoms with Gasteiger partial charge in [0, 0.05) is 6.04 Å². The Bertz CT molecular complexity index is 558. The first-order valence-corrected chi connectivity index (χ1v) is 7.19. The molecule has 1 aliphatic rings. The van der Waals surface area contributed by atoms with Crippen molar-refractivity contribution in [1.82, 2.24) is 9.55 Å². The maximum absolute atomic E-state index is 9.75. The topological polar surface area (TPSA) is 47.3 Å². The van der Waals surface area contributed by atoms with E-state index in [1.54, 1.807) is 0 Å². The molecule has 1 saturated carbocycles. The van der Waals surface area contributed by atoms with E-state index in [2.05, 4.69) is 9.55 Å². The van der Waals surface area contributed by atoms with Gasteiger partial charge < -0.3 is 14.4 Å². The molecule has 20 heavy (non-hydrogen) atoms. The number of imidazole rings is 1. The molecule has 0 unspecified atom stereocenters. The number of hydrogen-bond acceptors (Lipinski definition) is 3. The molecule has 0 amide bonds. The third-order valence-electron chi connectivity index (χ3n) is 3.72. The molecule has 1 aliphatic carbocycles. The van der Waals surface area contributed by atoms with E-state index >= 15 is 0 Å². The van der Waals surface area contributed by atoms with Gasteiger partial charge in [-0.05, 0) is 37.0 Å². The number of rotatable bonds is 6. The fraction of sp³-hybridized carbons (Fsp3) is 0.438. The van der Waals surface area contributed by atoms with E-state index in [1.165, 1.54) is 12.8 Å². The van der Waals surface area contributed by atoms with E-state index in [0.29, 0.717) is 12.6 Å². The Morgan fingerprint density at radius 2 is 2.10 bits per heavy atom. The van der Waals surface area contributed by atoms with Gasteiger partial charge in [0.25, 0.3) is 0 Å². The van der Waals surface area contributed by atoms with Crippen LogP contribution in [-0.4, -0.2) is 14.7 Å². The molecule has 0 spiro atoms. The first-order chi connectivity index (χ1) is 9.78. The summed E-state index contributed by atoms with van der Waals surface area (Å²) < 4.78 is 8.00. The summed E-state index contributed by atoms with van der Waals surface area (Å²) >= 11 is 0. The summed E-state index contributed by atoms with van der Waals surface area (Å²) in [5.41, 5.74) is 2.05. The monoisotopic (exact) mass is 272 g/mol. The van der Waals surface area contributed by atoms with Gasteiger partial charge in [-0.2, -0.15) is 0 Å². The second-order valence-corrected chi connectivity index (χ2v) is 5.31. The molecule has 1 aromatic heterocycles. The summed E-state index contributed by atoms with van der Waals surface area (Å²) in [5.74, 6) is 0.820. The van der Waals surface area contributed by atoms with Crippen LogP contribution in [0.4, 0.5) is 0 Å². The average molecular weight is 272 g/mol. The Morgan fingerprint density at radius 1 is 1.35 bits per heavy atom. The summed E-state index contributed by atoms with van der Waals surface area (Å²) in [7, 11) is 0. The smallest absolute Gasteiger partial charge is 0.130 e. The molecular formula is C16H20N2O2. The molecule has 0 aliphatic heterocycles. The van der Waals surface area contributed by atoms with Gasteiger partial charge in [-0.25, -0.2) is 4.98 Å². The Morgan fingerprint density at radius 3 is 2.75 bits per heavy atom. The SMILES string of the molecule is CC[C@@H](O)c1ccc(OCc2cncn2C2CC2)cc1. The molecule has 4 nitrogen and oxygen atoms in total. The van der Waals surface area contributed by atoms with E-state index in [9.17, 15) is 5.11 Å². The molecule has 0 saturated heterocycles. The standard InChI is InChI=1S/C16H20N2O2/c1-2-16(19)12-3-7-15(8-4-12)20-10-14-9-17-11-18(14)13-5-6-13/h3-4,7-9,11,13,16,19H,2,5-6,10H2,1H3/t16-/m1/s1. The Labute approximate surface area is 119 Å². The molecule has 2 aromatic rings. The van der Waals surface area contributed by atoms with Gasteiger partial charge in [-0.3, -0.25) is 0 Å². The summed E-state index contributed by atoms with van der Waals surface area (Å²) in [6.45, 7) is 2.50. The third kappa shape index (κ3) is 2.85. The van der Waals surface area contributed by atoms with Gasteiger partial charge in [-0.1, -0.05) is 19.1 Å². The number of nitrogens with zero attached hydrogens (tertiary/aromatic N) is 2. The van der Waals surface area contributed by atoms with Crippen LogP contribution in [0.15, 0.2) is 36.8 Å². The van der Waals surface area contributed by atoms with Crippen molar-refractivity contribution < 1.29 is 9.84 Å². The highest BCUT2D eigenvalue weighted by Gasteiger charge is 2.25. The number of aliphatic hydroxyl groups excluding tert-OH is 1. The van der Waals surface area contributed by atoms with Crippen LogP contribution >= 0.6 is 0 Å². The molecule has 1 atom stereocenters. The summed E-state index contributed by atoms with van der Waals surface area (Å²) in [5, 5.41) is 9.75. The first-order valence-electron chi connectivity index (χ1n) is 7.19. The van der Waals surface area contributed by atoms with Crippen LogP contribution in [0.1, 0.15) is 49.6 Å². The van der Waals surface area contributed by atoms with Crippen molar-refractivity contribution in [2.24, 2.45) is 0 Å².